The number of aliphatic carboxylic acids is 1. The second kappa shape index (κ2) is 10.9. The van der Waals surface area contributed by atoms with E-state index in [4.69, 9.17) is 33.0 Å². The molecule has 0 bridgehead atoms. The minimum absolute atomic E-state index is 0.115. The summed E-state index contributed by atoms with van der Waals surface area (Å²) in [4.78, 5) is 15.0. The van der Waals surface area contributed by atoms with Gasteiger partial charge in [-0.05, 0) is 60.7 Å². The van der Waals surface area contributed by atoms with E-state index in [-0.39, 0.29) is 6.42 Å². The zero-order chi connectivity index (χ0) is 21.3. The number of ether oxygens (including phenoxy) is 1. The smallest absolute Gasteiger partial charge is 0.303 e. The third-order valence-electron chi connectivity index (χ3n) is 4.47. The Bertz CT molecular complexity index is 977. The number of nitrogens with one attached hydrogen (secondary N) is 1. The van der Waals surface area contributed by atoms with Crippen LogP contribution >= 0.6 is 23.2 Å². The molecule has 7 heteroatoms. The van der Waals surface area contributed by atoms with Crippen LogP contribution in [-0.4, -0.2) is 22.6 Å². The normalized spacial score (nSPS) is 10.6. The van der Waals surface area contributed by atoms with Crippen molar-refractivity contribution in [3.05, 3.63) is 82.0 Å². The average molecular weight is 445 g/mol. The fraction of sp³-hybridized carbons (Fsp3) is 0.217. The lowest BCUT2D eigenvalue weighted by molar-refractivity contribution is -0.136. The third kappa shape index (κ3) is 6.94. The summed E-state index contributed by atoms with van der Waals surface area (Å²) in [5, 5.41) is 13.2. The van der Waals surface area contributed by atoms with Crippen molar-refractivity contribution in [1.29, 1.82) is 0 Å². The SMILES string of the molecule is O=C(O)CCc1ccc(Oc2ccc(NCCCc3ccc(Cl)c(Cl)c3)cn2)cc1. The molecule has 0 amide bonds. The molecule has 0 radical (unpaired) electrons. The molecule has 0 aliphatic carbocycles. The van der Waals surface area contributed by atoms with Gasteiger partial charge in [0.1, 0.15) is 5.75 Å². The minimum Gasteiger partial charge on any atom is -0.481 e. The van der Waals surface area contributed by atoms with Crippen LogP contribution in [0.5, 0.6) is 11.6 Å². The molecule has 1 heterocycles. The van der Waals surface area contributed by atoms with Crippen molar-refractivity contribution in [1.82, 2.24) is 4.98 Å². The van der Waals surface area contributed by atoms with Gasteiger partial charge in [0.15, 0.2) is 0 Å². The molecule has 0 atom stereocenters. The zero-order valence-electron chi connectivity index (χ0n) is 16.3. The fourth-order valence-corrected chi connectivity index (χ4v) is 3.18. The molecule has 1 aromatic heterocycles. The van der Waals surface area contributed by atoms with Crippen molar-refractivity contribution in [3.8, 4) is 11.6 Å². The Morgan fingerprint density at radius 1 is 0.967 bits per heavy atom. The summed E-state index contributed by atoms with van der Waals surface area (Å²) < 4.78 is 5.74. The maximum absolute atomic E-state index is 10.6. The molecule has 156 valence electrons. The molecule has 3 rings (SSSR count). The van der Waals surface area contributed by atoms with Crippen LogP contribution in [0, 0.1) is 0 Å². The van der Waals surface area contributed by atoms with Crippen molar-refractivity contribution in [2.75, 3.05) is 11.9 Å². The van der Waals surface area contributed by atoms with Gasteiger partial charge in [0.2, 0.25) is 5.88 Å². The van der Waals surface area contributed by atoms with Crippen LogP contribution in [0.15, 0.2) is 60.8 Å². The van der Waals surface area contributed by atoms with Crippen molar-refractivity contribution >= 4 is 34.9 Å². The number of carbonyl (C=O) groups is 1. The van der Waals surface area contributed by atoms with E-state index in [0.717, 1.165) is 36.2 Å². The van der Waals surface area contributed by atoms with Crippen LogP contribution in [0.2, 0.25) is 10.0 Å². The number of rotatable bonds is 10. The Morgan fingerprint density at radius 2 is 1.73 bits per heavy atom. The summed E-state index contributed by atoms with van der Waals surface area (Å²) in [5.74, 6) is 0.348. The molecule has 0 saturated heterocycles. The van der Waals surface area contributed by atoms with Crippen molar-refractivity contribution in [2.24, 2.45) is 0 Å². The average Bonchev–Trinajstić information content (AvgIpc) is 2.74. The number of carboxylic acids is 1. The van der Waals surface area contributed by atoms with E-state index in [1.807, 2.05) is 48.5 Å². The standard InChI is InChI=1S/C23H22Cl2N2O3/c24-20-10-5-17(14-21(20)25)2-1-13-26-18-7-11-22(27-15-18)30-19-8-3-16(4-9-19)6-12-23(28)29/h3-5,7-11,14-15,26H,1-2,6,12-13H2,(H,28,29). The summed E-state index contributed by atoms with van der Waals surface area (Å²) in [6.07, 6.45) is 4.20. The van der Waals surface area contributed by atoms with Gasteiger partial charge < -0.3 is 15.2 Å². The van der Waals surface area contributed by atoms with Gasteiger partial charge in [-0.15, -0.1) is 0 Å². The van der Waals surface area contributed by atoms with Gasteiger partial charge in [0.25, 0.3) is 0 Å². The maximum atomic E-state index is 10.6. The summed E-state index contributed by atoms with van der Waals surface area (Å²) in [5.41, 5.74) is 3.03. The number of benzene rings is 2. The van der Waals surface area contributed by atoms with E-state index in [0.29, 0.717) is 28.1 Å². The van der Waals surface area contributed by atoms with Crippen LogP contribution in [-0.2, 0) is 17.6 Å². The predicted octanol–water partition coefficient (Wildman–Crippen LogP) is 6.24. The first-order chi connectivity index (χ1) is 14.5. The number of aryl methyl sites for hydroxylation is 2. The molecule has 2 N–H and O–H groups in total. The summed E-state index contributed by atoms with van der Waals surface area (Å²) >= 11 is 12.0. The molecule has 3 aromatic rings. The molecule has 2 aromatic carbocycles. The van der Waals surface area contributed by atoms with E-state index in [1.54, 1.807) is 12.3 Å². The largest absolute Gasteiger partial charge is 0.481 e. The second-order valence-electron chi connectivity index (χ2n) is 6.80. The molecule has 30 heavy (non-hydrogen) atoms. The lowest BCUT2D eigenvalue weighted by Crippen LogP contribution is -2.03. The maximum Gasteiger partial charge on any atom is 0.303 e. The van der Waals surface area contributed by atoms with Crippen LogP contribution in [0.3, 0.4) is 0 Å². The molecular formula is C23H22Cl2N2O3. The topological polar surface area (TPSA) is 71.5 Å². The van der Waals surface area contributed by atoms with E-state index in [1.165, 1.54) is 0 Å². The van der Waals surface area contributed by atoms with Gasteiger partial charge in [0.05, 0.1) is 21.9 Å². The summed E-state index contributed by atoms with van der Waals surface area (Å²) in [6.45, 7) is 0.805. The van der Waals surface area contributed by atoms with Gasteiger partial charge in [-0.1, -0.05) is 41.4 Å². The summed E-state index contributed by atoms with van der Waals surface area (Å²) in [6, 6.07) is 16.8. The molecule has 0 saturated carbocycles. The highest BCUT2D eigenvalue weighted by molar-refractivity contribution is 6.42. The van der Waals surface area contributed by atoms with Crippen molar-refractivity contribution in [2.45, 2.75) is 25.7 Å². The monoisotopic (exact) mass is 444 g/mol. The Balaban J connectivity index is 1.43. The van der Waals surface area contributed by atoms with Crippen LogP contribution in [0.1, 0.15) is 24.0 Å². The Morgan fingerprint density at radius 3 is 2.40 bits per heavy atom. The molecule has 0 unspecified atom stereocenters. The number of pyridine rings is 1. The number of hydrogen-bond donors (Lipinski definition) is 2. The van der Waals surface area contributed by atoms with E-state index >= 15 is 0 Å². The molecular weight excluding hydrogens is 423 g/mol. The first-order valence-electron chi connectivity index (χ1n) is 9.62. The molecule has 0 spiro atoms. The van der Waals surface area contributed by atoms with Crippen LogP contribution < -0.4 is 10.1 Å². The summed E-state index contributed by atoms with van der Waals surface area (Å²) in [7, 11) is 0. The van der Waals surface area contributed by atoms with Crippen LogP contribution in [0.25, 0.3) is 0 Å². The number of halogens is 2. The number of carboxylic acid groups (broad SMARTS) is 1. The first-order valence-corrected chi connectivity index (χ1v) is 10.4. The quantitative estimate of drug-likeness (QED) is 0.362. The first kappa shape index (κ1) is 21.9. The van der Waals surface area contributed by atoms with Gasteiger partial charge in [-0.3, -0.25) is 4.79 Å². The number of aromatic nitrogens is 1. The van der Waals surface area contributed by atoms with Crippen LogP contribution in [0.4, 0.5) is 5.69 Å². The Kier molecular flexibility index (Phi) is 7.94. The lowest BCUT2D eigenvalue weighted by Gasteiger charge is -2.09. The number of anilines is 1. The van der Waals surface area contributed by atoms with Gasteiger partial charge in [0, 0.05) is 19.0 Å². The highest BCUT2D eigenvalue weighted by Crippen LogP contribution is 2.24. The predicted molar refractivity (Wildman–Crippen MR) is 120 cm³/mol. The second-order valence-corrected chi connectivity index (χ2v) is 7.62. The van der Waals surface area contributed by atoms with Crippen molar-refractivity contribution < 1.29 is 14.6 Å². The minimum atomic E-state index is -0.803. The highest BCUT2D eigenvalue weighted by atomic mass is 35.5. The van der Waals surface area contributed by atoms with Gasteiger partial charge in [-0.25, -0.2) is 4.98 Å². The van der Waals surface area contributed by atoms with E-state index < -0.39 is 5.97 Å². The highest BCUT2D eigenvalue weighted by Gasteiger charge is 2.03. The van der Waals surface area contributed by atoms with Crippen molar-refractivity contribution in [3.63, 3.8) is 0 Å². The van der Waals surface area contributed by atoms with Gasteiger partial charge >= 0.3 is 5.97 Å². The molecule has 0 fully saturated rings. The Hall–Kier alpha value is -2.76. The third-order valence-corrected chi connectivity index (χ3v) is 5.20. The lowest BCUT2D eigenvalue weighted by atomic mass is 10.1. The molecule has 0 aliphatic heterocycles. The number of nitrogens with zero attached hydrogens (tertiary/aromatic N) is 1. The Labute approximate surface area is 185 Å². The number of hydrogen-bond acceptors (Lipinski definition) is 4. The molecule has 5 nitrogen and oxygen atoms in total. The fourth-order valence-electron chi connectivity index (χ4n) is 2.86. The molecule has 0 aliphatic rings. The van der Waals surface area contributed by atoms with E-state index in [9.17, 15) is 4.79 Å². The zero-order valence-corrected chi connectivity index (χ0v) is 17.8. The van der Waals surface area contributed by atoms with Gasteiger partial charge in [-0.2, -0.15) is 0 Å². The van der Waals surface area contributed by atoms with E-state index in [2.05, 4.69) is 10.3 Å².